The van der Waals surface area contributed by atoms with E-state index in [0.29, 0.717) is 0 Å². The van der Waals surface area contributed by atoms with Gasteiger partial charge in [-0.15, -0.1) is 0 Å². The van der Waals surface area contributed by atoms with Gasteiger partial charge in [-0.05, 0) is 139 Å². The molecule has 0 radical (unpaired) electrons. The predicted molar refractivity (Wildman–Crippen MR) is 297 cm³/mol. The minimum atomic E-state index is -0.360. The molecule has 2 aliphatic rings. The van der Waals surface area contributed by atoms with Crippen molar-refractivity contribution < 1.29 is 17.7 Å². The zero-order valence-corrected chi connectivity index (χ0v) is 40.0. The van der Waals surface area contributed by atoms with Crippen LogP contribution in [0.1, 0.15) is 49.9 Å². The van der Waals surface area contributed by atoms with Crippen molar-refractivity contribution in [2.45, 2.75) is 38.5 Å². The van der Waals surface area contributed by atoms with Crippen LogP contribution in [0.3, 0.4) is 0 Å². The fourth-order valence-electron chi connectivity index (χ4n) is 13.5. The summed E-state index contributed by atoms with van der Waals surface area (Å²) in [5.41, 5.74) is 21.1. The molecule has 0 amide bonds. The minimum absolute atomic E-state index is 0.360. The van der Waals surface area contributed by atoms with E-state index in [1.165, 1.54) is 55.3 Å². The predicted octanol–water partition coefficient (Wildman–Crippen LogP) is 19.5. The van der Waals surface area contributed by atoms with Gasteiger partial charge < -0.3 is 17.7 Å². The third-order valence-electron chi connectivity index (χ3n) is 17.0. The summed E-state index contributed by atoms with van der Waals surface area (Å²) >= 11 is 0. The number of hydrogen-bond acceptors (Lipinski definition) is 4. The lowest BCUT2D eigenvalue weighted by Crippen LogP contribution is -2.17. The average Bonchev–Trinajstić information content (AvgIpc) is 4.25. The lowest BCUT2D eigenvalue weighted by molar-refractivity contribution is 0.648. The first-order valence-corrected chi connectivity index (χ1v) is 25.0. The molecule has 4 aromatic heterocycles. The Bertz CT molecular complexity index is 4670. The molecule has 72 heavy (non-hydrogen) atoms. The molecule has 0 fully saturated rings. The van der Waals surface area contributed by atoms with Gasteiger partial charge >= 0.3 is 0 Å². The molecule has 338 valence electrons. The monoisotopic (exact) mass is 922 g/mol. The largest absolute Gasteiger partial charge is 0.455 e. The Balaban J connectivity index is 0.887. The molecule has 0 bridgehead atoms. The molecule has 4 heteroatoms. The van der Waals surface area contributed by atoms with E-state index in [9.17, 15) is 0 Å². The molecule has 0 N–H and O–H groups in total. The SMILES string of the molecule is CC1(C)c2cc3c(cc2-c2c1cc(-c1ccc4oc5c6ccccc6ccc5c4c1)c1c2oc2ccccc21)C(C)(C)c1cc(-c2ccc4oc5c6ccccc6ccc5c4c2)c2c(oc4ccccc42)c1-3. The second-order valence-corrected chi connectivity index (χ2v) is 21.4. The number of hydrogen-bond donors (Lipinski definition) is 0. The van der Waals surface area contributed by atoms with E-state index in [1.54, 1.807) is 0 Å². The molecule has 0 saturated carbocycles. The lowest BCUT2D eigenvalue weighted by Gasteiger charge is -2.24. The van der Waals surface area contributed by atoms with Crippen LogP contribution in [0, 0.1) is 0 Å². The Kier molecular flexibility index (Phi) is 7.08. The quantitative estimate of drug-likeness (QED) is 0.173. The van der Waals surface area contributed by atoms with Crippen LogP contribution < -0.4 is 0 Å². The maximum absolute atomic E-state index is 7.12. The topological polar surface area (TPSA) is 52.6 Å². The smallest absolute Gasteiger partial charge is 0.144 e. The van der Waals surface area contributed by atoms with Gasteiger partial charge in [0.15, 0.2) is 0 Å². The molecule has 17 rings (SSSR count). The van der Waals surface area contributed by atoms with E-state index in [2.05, 4.69) is 210 Å². The van der Waals surface area contributed by atoms with E-state index in [1.807, 2.05) is 0 Å². The summed E-state index contributed by atoms with van der Waals surface area (Å²) in [6.07, 6.45) is 0. The number of benzene rings is 11. The second kappa shape index (κ2) is 13.1. The van der Waals surface area contributed by atoms with Crippen LogP contribution in [0.5, 0.6) is 0 Å². The number of fused-ring (bicyclic) bond motifs is 24. The molecule has 4 nitrogen and oxygen atoms in total. The molecular formula is C68H42O4. The van der Waals surface area contributed by atoms with Gasteiger partial charge in [0.1, 0.15) is 44.7 Å². The van der Waals surface area contributed by atoms with Crippen molar-refractivity contribution in [1.82, 2.24) is 0 Å². The van der Waals surface area contributed by atoms with Crippen molar-refractivity contribution in [3.05, 3.63) is 204 Å². The lowest BCUT2D eigenvalue weighted by atomic mass is 9.78. The summed E-state index contributed by atoms with van der Waals surface area (Å²) in [6, 6.07) is 66.1. The van der Waals surface area contributed by atoms with Gasteiger partial charge in [0, 0.05) is 75.8 Å². The summed E-state index contributed by atoms with van der Waals surface area (Å²) < 4.78 is 27.5. The molecule has 0 atom stereocenters. The molecule has 11 aromatic carbocycles. The normalized spacial score (nSPS) is 14.6. The van der Waals surface area contributed by atoms with Crippen LogP contribution in [0.25, 0.3) is 154 Å². The van der Waals surface area contributed by atoms with Crippen molar-refractivity contribution in [2.75, 3.05) is 0 Å². The first-order chi connectivity index (χ1) is 35.2. The van der Waals surface area contributed by atoms with Crippen LogP contribution in [0.4, 0.5) is 0 Å². The van der Waals surface area contributed by atoms with Crippen molar-refractivity contribution >= 4 is 109 Å². The maximum Gasteiger partial charge on any atom is 0.144 e. The van der Waals surface area contributed by atoms with Gasteiger partial charge in [-0.1, -0.05) is 137 Å². The summed E-state index contributed by atoms with van der Waals surface area (Å²) in [6.45, 7) is 9.55. The Hall–Kier alpha value is -8.86. The highest BCUT2D eigenvalue weighted by Crippen LogP contribution is 2.61. The zero-order chi connectivity index (χ0) is 47.5. The van der Waals surface area contributed by atoms with Gasteiger partial charge in [-0.3, -0.25) is 0 Å². The summed E-state index contributed by atoms with van der Waals surface area (Å²) in [5, 5.41) is 13.6. The van der Waals surface area contributed by atoms with Crippen LogP contribution >= 0.6 is 0 Å². The summed E-state index contributed by atoms with van der Waals surface area (Å²) in [4.78, 5) is 0. The summed E-state index contributed by atoms with van der Waals surface area (Å²) in [5.74, 6) is 0. The van der Waals surface area contributed by atoms with Gasteiger partial charge in [-0.2, -0.15) is 0 Å². The van der Waals surface area contributed by atoms with E-state index in [4.69, 9.17) is 17.7 Å². The van der Waals surface area contributed by atoms with Gasteiger partial charge in [-0.25, -0.2) is 0 Å². The van der Waals surface area contributed by atoms with Crippen molar-refractivity contribution in [2.24, 2.45) is 0 Å². The molecule has 2 aliphatic carbocycles. The van der Waals surface area contributed by atoms with Crippen molar-refractivity contribution in [1.29, 1.82) is 0 Å². The van der Waals surface area contributed by atoms with Gasteiger partial charge in [0.2, 0.25) is 0 Å². The van der Waals surface area contributed by atoms with Crippen LogP contribution in [-0.2, 0) is 10.8 Å². The van der Waals surface area contributed by atoms with Crippen molar-refractivity contribution in [3.8, 4) is 44.5 Å². The van der Waals surface area contributed by atoms with Crippen LogP contribution in [-0.4, -0.2) is 0 Å². The van der Waals surface area contributed by atoms with E-state index in [0.717, 1.165) is 121 Å². The van der Waals surface area contributed by atoms with E-state index >= 15 is 0 Å². The molecule has 0 spiro atoms. The Labute approximate surface area is 412 Å². The number of para-hydroxylation sites is 2. The summed E-state index contributed by atoms with van der Waals surface area (Å²) in [7, 11) is 0. The fourth-order valence-corrected chi connectivity index (χ4v) is 13.5. The highest BCUT2D eigenvalue weighted by molar-refractivity contribution is 6.23. The Morgan fingerprint density at radius 1 is 0.278 bits per heavy atom. The molecule has 0 aliphatic heterocycles. The number of furan rings is 4. The average molecular weight is 923 g/mol. The van der Waals surface area contributed by atoms with Crippen LogP contribution in [0.2, 0.25) is 0 Å². The standard InChI is InChI=1S/C68H42O4/c1-67(2)51-33-50-52(34-49(51)61-53(67)31-45(59-43-17-9-11-19-55(43)71-65(59)61)37-23-27-57-47(29-37)41-25-21-35-13-5-7-15-39(35)63(41)69-57)68(3,4)54-32-46(60-44-18-10-12-20-56(44)72-66(60)62(50)54)38-24-28-58-48(30-38)42-26-22-36-14-6-8-16-40(36)64(42)70-58/h5-34H,1-4H3. The van der Waals surface area contributed by atoms with E-state index < -0.39 is 0 Å². The molecule has 4 heterocycles. The third-order valence-corrected chi connectivity index (χ3v) is 17.0. The van der Waals surface area contributed by atoms with Crippen molar-refractivity contribution in [3.63, 3.8) is 0 Å². The highest BCUT2D eigenvalue weighted by atomic mass is 16.3. The highest BCUT2D eigenvalue weighted by Gasteiger charge is 2.45. The Morgan fingerprint density at radius 2 is 0.653 bits per heavy atom. The third kappa shape index (κ3) is 4.78. The second-order valence-electron chi connectivity index (χ2n) is 21.4. The molecule has 15 aromatic rings. The molecule has 0 saturated heterocycles. The fraction of sp³-hybridized carbons (Fsp3) is 0.0882. The molecule has 0 unspecified atom stereocenters. The minimum Gasteiger partial charge on any atom is -0.455 e. The first-order valence-electron chi connectivity index (χ1n) is 25.0. The van der Waals surface area contributed by atoms with Crippen LogP contribution in [0.15, 0.2) is 200 Å². The first kappa shape index (κ1) is 38.9. The Morgan fingerprint density at radius 3 is 1.11 bits per heavy atom. The molecular weight excluding hydrogens is 881 g/mol. The van der Waals surface area contributed by atoms with Gasteiger partial charge in [0.25, 0.3) is 0 Å². The van der Waals surface area contributed by atoms with E-state index in [-0.39, 0.29) is 10.8 Å². The number of rotatable bonds is 2. The van der Waals surface area contributed by atoms with Gasteiger partial charge in [0.05, 0.1) is 0 Å². The zero-order valence-electron chi connectivity index (χ0n) is 40.0. The maximum atomic E-state index is 7.12.